The lowest BCUT2D eigenvalue weighted by atomic mass is 9.93. The van der Waals surface area contributed by atoms with E-state index < -0.39 is 0 Å². The number of Topliss-reactive ketones (excluding diaryl/α,β-unsaturated/α-hetero) is 1. The molecule has 1 aliphatic rings. The minimum atomic E-state index is -0.0956. The van der Waals surface area contributed by atoms with Crippen molar-refractivity contribution in [1.82, 2.24) is 0 Å². The van der Waals surface area contributed by atoms with Gasteiger partial charge in [0.2, 0.25) is 0 Å². The summed E-state index contributed by atoms with van der Waals surface area (Å²) in [7, 11) is 0. The molecule has 1 saturated carbocycles. The summed E-state index contributed by atoms with van der Waals surface area (Å²) in [6.45, 7) is 3.54. The maximum atomic E-state index is 11.9. The lowest BCUT2D eigenvalue weighted by Crippen LogP contribution is -2.30. The first kappa shape index (κ1) is 12.0. The Morgan fingerprint density at radius 2 is 2.29 bits per heavy atom. The summed E-state index contributed by atoms with van der Waals surface area (Å²) in [5.74, 6) is 0.452. The molecule has 14 heavy (non-hydrogen) atoms. The van der Waals surface area contributed by atoms with E-state index in [9.17, 15) is 4.79 Å². The standard InChI is InChI=1S/C12H17IO/c1-2-3-6-9-12(13)10-7-4-5-8-11(12)14/h3H,1,4-10H2. The molecule has 0 aromatic carbocycles. The van der Waals surface area contributed by atoms with Crippen LogP contribution in [-0.4, -0.2) is 9.20 Å². The zero-order chi connectivity index (χ0) is 10.4. The first-order chi connectivity index (χ1) is 6.69. The van der Waals surface area contributed by atoms with Crippen LogP contribution in [0.3, 0.4) is 0 Å². The van der Waals surface area contributed by atoms with Crippen LogP contribution in [0, 0.1) is 0 Å². The quantitative estimate of drug-likeness (QED) is 0.335. The number of hydrogen-bond donors (Lipinski definition) is 0. The van der Waals surface area contributed by atoms with Crippen LogP contribution in [0.2, 0.25) is 0 Å². The Hall–Kier alpha value is -0.0800. The Morgan fingerprint density at radius 1 is 1.50 bits per heavy atom. The largest absolute Gasteiger partial charge is 0.298 e. The van der Waals surface area contributed by atoms with Crippen LogP contribution in [0.15, 0.2) is 18.4 Å². The Morgan fingerprint density at radius 3 is 3.00 bits per heavy atom. The van der Waals surface area contributed by atoms with Crippen molar-refractivity contribution in [2.24, 2.45) is 0 Å². The summed E-state index contributed by atoms with van der Waals surface area (Å²) < 4.78 is -0.0956. The molecule has 0 bridgehead atoms. The summed E-state index contributed by atoms with van der Waals surface area (Å²) in [6.07, 6.45) is 9.14. The van der Waals surface area contributed by atoms with Crippen LogP contribution in [0.5, 0.6) is 0 Å². The molecule has 0 amide bonds. The average Bonchev–Trinajstić information content (AvgIpc) is 2.31. The predicted molar refractivity (Wildman–Crippen MR) is 67.8 cm³/mol. The highest BCUT2D eigenvalue weighted by Crippen LogP contribution is 2.36. The molecule has 0 saturated heterocycles. The number of alkyl halides is 1. The van der Waals surface area contributed by atoms with Gasteiger partial charge in [0, 0.05) is 6.42 Å². The molecule has 1 nitrogen and oxygen atoms in total. The summed E-state index contributed by atoms with van der Waals surface area (Å²) in [4.78, 5) is 11.9. The van der Waals surface area contributed by atoms with Gasteiger partial charge in [0.1, 0.15) is 5.78 Å². The number of hydrogen-bond acceptors (Lipinski definition) is 1. The zero-order valence-corrected chi connectivity index (χ0v) is 10.7. The molecule has 0 aliphatic heterocycles. The Kier molecular flexibility index (Phi) is 4.90. The van der Waals surface area contributed by atoms with Gasteiger partial charge >= 0.3 is 0 Å². The van der Waals surface area contributed by atoms with Gasteiger partial charge in [-0.2, -0.15) is 0 Å². The van der Waals surface area contributed by atoms with Crippen molar-refractivity contribution in [3.63, 3.8) is 0 Å². The SMILES string of the molecule is C=C=CCCC1(I)CCCCCC1=O. The van der Waals surface area contributed by atoms with Gasteiger partial charge in [-0.15, -0.1) is 5.73 Å². The molecule has 78 valence electrons. The summed E-state index contributed by atoms with van der Waals surface area (Å²) in [5.41, 5.74) is 2.77. The number of carbonyl (C=O) groups excluding carboxylic acids is 1. The smallest absolute Gasteiger partial charge is 0.148 e. The van der Waals surface area contributed by atoms with Gasteiger partial charge in [0.25, 0.3) is 0 Å². The highest BCUT2D eigenvalue weighted by atomic mass is 127. The summed E-state index contributed by atoms with van der Waals surface area (Å²) >= 11 is 2.36. The van der Waals surface area contributed by atoms with Crippen molar-refractivity contribution in [2.75, 3.05) is 0 Å². The average molecular weight is 304 g/mol. The fraction of sp³-hybridized carbons (Fsp3) is 0.667. The predicted octanol–water partition coefficient (Wildman–Crippen LogP) is 3.81. The first-order valence-electron chi connectivity index (χ1n) is 5.25. The highest BCUT2D eigenvalue weighted by molar-refractivity contribution is 14.1. The van der Waals surface area contributed by atoms with E-state index in [0.717, 1.165) is 32.1 Å². The van der Waals surface area contributed by atoms with E-state index in [-0.39, 0.29) is 3.42 Å². The lowest BCUT2D eigenvalue weighted by molar-refractivity contribution is -0.120. The van der Waals surface area contributed by atoms with Gasteiger partial charge in [0.05, 0.1) is 3.42 Å². The first-order valence-corrected chi connectivity index (χ1v) is 6.33. The molecular formula is C12H17IO. The number of halogens is 1. The Balaban J connectivity index is 2.57. The molecule has 1 unspecified atom stereocenters. The third-order valence-electron chi connectivity index (χ3n) is 2.81. The normalized spacial score (nSPS) is 27.9. The van der Waals surface area contributed by atoms with Gasteiger partial charge in [-0.05, 0) is 31.8 Å². The topological polar surface area (TPSA) is 17.1 Å². The highest BCUT2D eigenvalue weighted by Gasteiger charge is 2.34. The van der Waals surface area contributed by atoms with E-state index >= 15 is 0 Å². The molecule has 1 fully saturated rings. The molecule has 0 radical (unpaired) electrons. The molecule has 1 rings (SSSR count). The van der Waals surface area contributed by atoms with Crippen LogP contribution >= 0.6 is 22.6 Å². The fourth-order valence-electron chi connectivity index (χ4n) is 1.90. The second-order valence-corrected chi connectivity index (χ2v) is 5.96. The van der Waals surface area contributed by atoms with Gasteiger partial charge in [-0.3, -0.25) is 4.79 Å². The summed E-state index contributed by atoms with van der Waals surface area (Å²) in [5, 5.41) is 0. The monoisotopic (exact) mass is 304 g/mol. The van der Waals surface area contributed by atoms with E-state index in [1.165, 1.54) is 12.8 Å². The molecule has 0 aromatic rings. The van der Waals surface area contributed by atoms with Gasteiger partial charge in [0.15, 0.2) is 0 Å². The van der Waals surface area contributed by atoms with Crippen LogP contribution < -0.4 is 0 Å². The number of allylic oxidation sites excluding steroid dienone is 1. The number of carbonyl (C=O) groups is 1. The van der Waals surface area contributed by atoms with Crippen LogP contribution in [0.25, 0.3) is 0 Å². The minimum Gasteiger partial charge on any atom is -0.298 e. The Bertz CT molecular complexity index is 253. The molecule has 0 spiro atoms. The maximum Gasteiger partial charge on any atom is 0.148 e. The lowest BCUT2D eigenvalue weighted by Gasteiger charge is -2.23. The van der Waals surface area contributed by atoms with Gasteiger partial charge in [-0.1, -0.05) is 42.0 Å². The van der Waals surface area contributed by atoms with E-state index in [1.54, 1.807) is 0 Å². The third kappa shape index (κ3) is 3.25. The Labute approximate surface area is 99.8 Å². The zero-order valence-electron chi connectivity index (χ0n) is 8.52. The van der Waals surface area contributed by atoms with Crippen molar-refractivity contribution < 1.29 is 4.79 Å². The maximum absolute atomic E-state index is 11.9. The summed E-state index contributed by atoms with van der Waals surface area (Å²) in [6, 6.07) is 0. The molecule has 1 atom stereocenters. The molecule has 1 aliphatic carbocycles. The van der Waals surface area contributed by atoms with Crippen LogP contribution in [0.1, 0.15) is 44.9 Å². The van der Waals surface area contributed by atoms with E-state index in [1.807, 2.05) is 6.08 Å². The molecule has 0 heterocycles. The van der Waals surface area contributed by atoms with Crippen molar-refractivity contribution in [1.29, 1.82) is 0 Å². The molecule has 2 heteroatoms. The third-order valence-corrected chi connectivity index (χ3v) is 4.49. The second-order valence-electron chi connectivity index (χ2n) is 3.90. The molecule has 0 N–H and O–H groups in total. The fourth-order valence-corrected chi connectivity index (χ4v) is 2.86. The van der Waals surface area contributed by atoms with Crippen LogP contribution in [-0.2, 0) is 4.79 Å². The van der Waals surface area contributed by atoms with E-state index in [0.29, 0.717) is 5.78 Å². The van der Waals surface area contributed by atoms with Crippen molar-refractivity contribution >= 4 is 28.4 Å². The number of ketones is 1. The minimum absolute atomic E-state index is 0.0956. The van der Waals surface area contributed by atoms with Gasteiger partial charge in [-0.25, -0.2) is 0 Å². The number of rotatable bonds is 3. The van der Waals surface area contributed by atoms with Gasteiger partial charge < -0.3 is 0 Å². The van der Waals surface area contributed by atoms with Crippen molar-refractivity contribution in [3.8, 4) is 0 Å². The van der Waals surface area contributed by atoms with E-state index in [2.05, 4.69) is 34.9 Å². The second kappa shape index (κ2) is 5.72. The molecule has 0 aromatic heterocycles. The van der Waals surface area contributed by atoms with E-state index in [4.69, 9.17) is 0 Å². The molecular weight excluding hydrogens is 287 g/mol. The van der Waals surface area contributed by atoms with Crippen molar-refractivity contribution in [3.05, 3.63) is 18.4 Å². The van der Waals surface area contributed by atoms with Crippen molar-refractivity contribution in [2.45, 2.75) is 48.4 Å². The van der Waals surface area contributed by atoms with Crippen LogP contribution in [0.4, 0.5) is 0 Å².